The molecule has 1 nitrogen and oxygen atoms in total. The van der Waals surface area contributed by atoms with Gasteiger partial charge in [-0.25, -0.2) is 0 Å². The smallest absolute Gasteiger partial charge is 0.00698 e. The number of hydrogen-bond donors (Lipinski definition) is 1. The zero-order valence-corrected chi connectivity index (χ0v) is 8.47. The third-order valence-corrected chi connectivity index (χ3v) is 3.41. The minimum atomic E-state index is 0.838. The molecule has 1 heterocycles. The van der Waals surface area contributed by atoms with Crippen LogP contribution in [0.5, 0.6) is 0 Å². The molecule has 74 valence electrons. The van der Waals surface area contributed by atoms with Gasteiger partial charge >= 0.3 is 0 Å². The van der Waals surface area contributed by atoms with Crippen LogP contribution in [0.25, 0.3) is 0 Å². The van der Waals surface area contributed by atoms with E-state index in [1.165, 1.54) is 51.5 Å². The average molecular weight is 179 g/mol. The maximum Gasteiger partial charge on any atom is 0.00698 e. The fourth-order valence-electron chi connectivity index (χ4n) is 2.60. The van der Waals surface area contributed by atoms with Gasteiger partial charge in [0.05, 0.1) is 0 Å². The van der Waals surface area contributed by atoms with Gasteiger partial charge in [0.2, 0.25) is 0 Å². The normalized spacial score (nSPS) is 34.8. The van der Waals surface area contributed by atoms with E-state index in [0.717, 1.165) is 12.0 Å². The molecule has 13 heavy (non-hydrogen) atoms. The van der Waals surface area contributed by atoms with Crippen LogP contribution < -0.4 is 5.32 Å². The van der Waals surface area contributed by atoms with Crippen LogP contribution in [0.1, 0.15) is 44.9 Å². The predicted molar refractivity (Wildman–Crippen MR) is 56.7 cm³/mol. The van der Waals surface area contributed by atoms with Gasteiger partial charge in [-0.2, -0.15) is 0 Å². The quantitative estimate of drug-likeness (QED) is 0.643. The van der Waals surface area contributed by atoms with Crippen LogP contribution >= 0.6 is 0 Å². The molecule has 1 N–H and O–H groups in total. The monoisotopic (exact) mass is 179 g/mol. The van der Waals surface area contributed by atoms with Crippen molar-refractivity contribution in [2.75, 3.05) is 6.54 Å². The Morgan fingerprint density at radius 1 is 1.15 bits per heavy atom. The van der Waals surface area contributed by atoms with Crippen molar-refractivity contribution in [2.45, 2.75) is 51.0 Å². The standard InChI is InChI=1S/C12H21N/c1-2-6-11(7-3-1)10-12-8-4-5-9-13-12/h1-2,11-13H,3-10H2. The van der Waals surface area contributed by atoms with E-state index in [2.05, 4.69) is 17.5 Å². The minimum absolute atomic E-state index is 0.838. The molecule has 1 aliphatic carbocycles. The van der Waals surface area contributed by atoms with Gasteiger partial charge in [-0.3, -0.25) is 0 Å². The van der Waals surface area contributed by atoms with Crippen LogP contribution in [0.15, 0.2) is 12.2 Å². The number of nitrogens with one attached hydrogen (secondary N) is 1. The summed E-state index contributed by atoms with van der Waals surface area (Å²) in [7, 11) is 0. The van der Waals surface area contributed by atoms with Crippen molar-refractivity contribution in [1.82, 2.24) is 5.32 Å². The van der Waals surface area contributed by atoms with Crippen LogP contribution in [0, 0.1) is 5.92 Å². The fraction of sp³-hybridized carbons (Fsp3) is 0.833. The maximum atomic E-state index is 3.64. The lowest BCUT2D eigenvalue weighted by molar-refractivity contribution is 0.314. The SMILES string of the molecule is C1=CCC(CC2CCCCN2)CC1. The van der Waals surface area contributed by atoms with Crippen molar-refractivity contribution in [3.05, 3.63) is 12.2 Å². The molecular weight excluding hydrogens is 158 g/mol. The number of piperidine rings is 1. The summed E-state index contributed by atoms with van der Waals surface area (Å²) in [6, 6.07) is 0.838. The van der Waals surface area contributed by atoms with Gasteiger partial charge in [0.1, 0.15) is 0 Å². The first-order chi connectivity index (χ1) is 6.45. The highest BCUT2D eigenvalue weighted by atomic mass is 14.9. The summed E-state index contributed by atoms with van der Waals surface area (Å²) >= 11 is 0. The van der Waals surface area contributed by atoms with E-state index in [-0.39, 0.29) is 0 Å². The maximum absolute atomic E-state index is 3.64. The highest BCUT2D eigenvalue weighted by Gasteiger charge is 2.18. The molecule has 1 fully saturated rings. The number of hydrogen-bond acceptors (Lipinski definition) is 1. The summed E-state index contributed by atoms with van der Waals surface area (Å²) in [5.41, 5.74) is 0. The Kier molecular flexibility index (Phi) is 3.42. The minimum Gasteiger partial charge on any atom is -0.314 e. The van der Waals surface area contributed by atoms with Crippen molar-refractivity contribution in [2.24, 2.45) is 5.92 Å². The van der Waals surface area contributed by atoms with Crippen molar-refractivity contribution in [3.63, 3.8) is 0 Å². The number of allylic oxidation sites excluding steroid dienone is 2. The van der Waals surface area contributed by atoms with Crippen LogP contribution in [-0.2, 0) is 0 Å². The molecule has 1 saturated heterocycles. The first-order valence-corrected chi connectivity index (χ1v) is 5.83. The van der Waals surface area contributed by atoms with Gasteiger partial charge in [-0.1, -0.05) is 18.6 Å². The lowest BCUT2D eigenvalue weighted by Crippen LogP contribution is -2.35. The summed E-state index contributed by atoms with van der Waals surface area (Å²) in [4.78, 5) is 0. The molecule has 1 heteroatoms. The molecule has 0 amide bonds. The van der Waals surface area contributed by atoms with E-state index in [1.807, 2.05) is 0 Å². The average Bonchev–Trinajstić information content (AvgIpc) is 2.21. The Balaban J connectivity index is 1.72. The van der Waals surface area contributed by atoms with Crippen LogP contribution in [0.2, 0.25) is 0 Å². The van der Waals surface area contributed by atoms with Gasteiger partial charge in [-0.15, -0.1) is 0 Å². The Morgan fingerprint density at radius 2 is 2.15 bits per heavy atom. The fourth-order valence-corrected chi connectivity index (χ4v) is 2.60. The van der Waals surface area contributed by atoms with Gasteiger partial charge in [-0.05, 0) is 51.0 Å². The Labute approximate surface area is 81.6 Å². The summed E-state index contributed by atoms with van der Waals surface area (Å²) < 4.78 is 0. The van der Waals surface area contributed by atoms with E-state index in [4.69, 9.17) is 0 Å². The van der Waals surface area contributed by atoms with Gasteiger partial charge < -0.3 is 5.32 Å². The molecule has 0 saturated carbocycles. The van der Waals surface area contributed by atoms with E-state index in [9.17, 15) is 0 Å². The van der Waals surface area contributed by atoms with E-state index in [1.54, 1.807) is 0 Å². The van der Waals surface area contributed by atoms with Gasteiger partial charge in [0.25, 0.3) is 0 Å². The van der Waals surface area contributed by atoms with Gasteiger partial charge in [0, 0.05) is 6.04 Å². The zero-order valence-electron chi connectivity index (χ0n) is 8.47. The molecule has 2 rings (SSSR count). The molecule has 2 atom stereocenters. The second kappa shape index (κ2) is 4.80. The summed E-state index contributed by atoms with van der Waals surface area (Å²) in [6.45, 7) is 1.26. The molecular formula is C12H21N. The topological polar surface area (TPSA) is 12.0 Å². The van der Waals surface area contributed by atoms with Crippen molar-refractivity contribution in [3.8, 4) is 0 Å². The third-order valence-electron chi connectivity index (χ3n) is 3.41. The Hall–Kier alpha value is -0.300. The highest BCUT2D eigenvalue weighted by molar-refractivity contribution is 4.91. The van der Waals surface area contributed by atoms with Crippen LogP contribution in [0.4, 0.5) is 0 Å². The first-order valence-electron chi connectivity index (χ1n) is 5.83. The second-order valence-corrected chi connectivity index (χ2v) is 4.53. The highest BCUT2D eigenvalue weighted by Crippen LogP contribution is 2.25. The molecule has 0 bridgehead atoms. The Morgan fingerprint density at radius 3 is 2.85 bits per heavy atom. The molecule has 0 radical (unpaired) electrons. The first kappa shape index (κ1) is 9.26. The summed E-state index contributed by atoms with van der Waals surface area (Å²) in [5, 5.41) is 3.64. The summed E-state index contributed by atoms with van der Waals surface area (Å²) in [6.07, 6.45) is 14.5. The Bertz CT molecular complexity index is 168. The molecule has 0 spiro atoms. The van der Waals surface area contributed by atoms with E-state index < -0.39 is 0 Å². The van der Waals surface area contributed by atoms with E-state index >= 15 is 0 Å². The van der Waals surface area contributed by atoms with Crippen LogP contribution in [-0.4, -0.2) is 12.6 Å². The third kappa shape index (κ3) is 2.84. The second-order valence-electron chi connectivity index (χ2n) is 4.53. The van der Waals surface area contributed by atoms with E-state index in [0.29, 0.717) is 0 Å². The molecule has 2 unspecified atom stereocenters. The van der Waals surface area contributed by atoms with Crippen LogP contribution in [0.3, 0.4) is 0 Å². The lowest BCUT2D eigenvalue weighted by Gasteiger charge is -2.28. The largest absolute Gasteiger partial charge is 0.314 e. The van der Waals surface area contributed by atoms with Crippen molar-refractivity contribution < 1.29 is 0 Å². The molecule has 0 aromatic carbocycles. The molecule has 1 aliphatic heterocycles. The van der Waals surface area contributed by atoms with Gasteiger partial charge in [0.15, 0.2) is 0 Å². The summed E-state index contributed by atoms with van der Waals surface area (Å²) in [5.74, 6) is 0.973. The lowest BCUT2D eigenvalue weighted by atomic mass is 9.86. The van der Waals surface area contributed by atoms with Crippen molar-refractivity contribution >= 4 is 0 Å². The molecule has 2 aliphatic rings. The zero-order chi connectivity index (χ0) is 8.93. The predicted octanol–water partition coefficient (Wildman–Crippen LogP) is 2.87. The molecule has 0 aromatic rings. The molecule has 0 aromatic heterocycles. The van der Waals surface area contributed by atoms with Crippen molar-refractivity contribution in [1.29, 1.82) is 0 Å². The number of rotatable bonds is 2.